The minimum absolute atomic E-state index is 0.374. The number of hydrogen-bond acceptors (Lipinski definition) is 3. The molecule has 0 spiro atoms. The lowest BCUT2D eigenvalue weighted by Crippen LogP contribution is -2.33. The molecular weight excluding hydrogens is 244 g/mol. The molecule has 18 heavy (non-hydrogen) atoms. The Morgan fingerprint density at radius 3 is 2.78 bits per heavy atom. The van der Waals surface area contributed by atoms with Gasteiger partial charge in [0.25, 0.3) is 0 Å². The molecule has 1 aromatic rings. The average Bonchev–Trinajstić information content (AvgIpc) is 3.22. The van der Waals surface area contributed by atoms with Crippen molar-refractivity contribution in [2.75, 3.05) is 26.4 Å². The lowest BCUT2D eigenvalue weighted by Gasteiger charge is -2.15. The van der Waals surface area contributed by atoms with Gasteiger partial charge in [-0.2, -0.15) is 0 Å². The number of epoxide rings is 1. The minimum atomic E-state index is -1.25. The molecule has 1 fully saturated rings. The SMILES string of the molecule is CCO[SiH](CCCOCC1CO1)c1ccccc1. The first-order valence-corrected chi connectivity index (χ1v) is 8.62. The van der Waals surface area contributed by atoms with E-state index >= 15 is 0 Å². The van der Waals surface area contributed by atoms with E-state index < -0.39 is 9.04 Å². The third-order valence-corrected chi connectivity index (χ3v) is 5.80. The molecule has 0 amide bonds. The van der Waals surface area contributed by atoms with Gasteiger partial charge in [0, 0.05) is 13.2 Å². The second-order valence-corrected chi connectivity index (χ2v) is 7.08. The Morgan fingerprint density at radius 2 is 2.11 bits per heavy atom. The van der Waals surface area contributed by atoms with Crippen LogP contribution in [0.15, 0.2) is 30.3 Å². The summed E-state index contributed by atoms with van der Waals surface area (Å²) >= 11 is 0. The third kappa shape index (κ3) is 4.90. The number of benzene rings is 1. The Hall–Kier alpha value is -0.683. The smallest absolute Gasteiger partial charge is 0.208 e. The Bertz CT molecular complexity index is 327. The van der Waals surface area contributed by atoms with Gasteiger partial charge in [-0.15, -0.1) is 0 Å². The third-order valence-electron chi connectivity index (χ3n) is 3.00. The molecule has 1 heterocycles. The zero-order valence-electron chi connectivity index (χ0n) is 11.0. The van der Waals surface area contributed by atoms with Crippen molar-refractivity contribution in [3.8, 4) is 0 Å². The lowest BCUT2D eigenvalue weighted by atomic mass is 10.4. The molecule has 2 rings (SSSR count). The highest BCUT2D eigenvalue weighted by molar-refractivity contribution is 6.67. The van der Waals surface area contributed by atoms with E-state index in [1.165, 1.54) is 5.19 Å². The van der Waals surface area contributed by atoms with E-state index in [2.05, 4.69) is 37.3 Å². The molecule has 0 N–H and O–H groups in total. The van der Waals surface area contributed by atoms with Crippen molar-refractivity contribution in [3.05, 3.63) is 30.3 Å². The fourth-order valence-corrected chi connectivity index (χ4v) is 4.25. The number of rotatable bonds is 9. The standard InChI is InChI=1S/C14H22O3Si/c1-2-17-18(14-7-4-3-5-8-14)10-6-9-15-11-13-12-16-13/h3-5,7-8,13,18H,2,6,9-12H2,1H3. The molecule has 1 saturated heterocycles. The highest BCUT2D eigenvalue weighted by Gasteiger charge is 2.22. The molecule has 1 aromatic carbocycles. The van der Waals surface area contributed by atoms with Crippen LogP contribution >= 0.6 is 0 Å². The first-order valence-electron chi connectivity index (χ1n) is 6.76. The first-order chi connectivity index (χ1) is 8.90. The Labute approximate surface area is 111 Å². The summed E-state index contributed by atoms with van der Waals surface area (Å²) in [6.45, 7) is 5.34. The van der Waals surface area contributed by atoms with Crippen molar-refractivity contribution in [1.82, 2.24) is 0 Å². The topological polar surface area (TPSA) is 31.0 Å². The highest BCUT2D eigenvalue weighted by Crippen LogP contribution is 2.09. The van der Waals surface area contributed by atoms with Gasteiger partial charge in [0.15, 0.2) is 0 Å². The summed E-state index contributed by atoms with van der Waals surface area (Å²) in [6, 6.07) is 11.8. The maximum atomic E-state index is 5.93. The largest absolute Gasteiger partial charge is 0.416 e. The van der Waals surface area contributed by atoms with Crippen molar-refractivity contribution in [3.63, 3.8) is 0 Å². The Morgan fingerprint density at radius 1 is 1.33 bits per heavy atom. The van der Waals surface area contributed by atoms with Crippen LogP contribution in [-0.4, -0.2) is 41.6 Å². The molecule has 0 aliphatic carbocycles. The summed E-state index contributed by atoms with van der Waals surface area (Å²) in [5.41, 5.74) is 0. The van der Waals surface area contributed by atoms with Crippen LogP contribution in [-0.2, 0) is 13.9 Å². The first kappa shape index (κ1) is 13.7. The van der Waals surface area contributed by atoms with Crippen molar-refractivity contribution >= 4 is 14.2 Å². The van der Waals surface area contributed by atoms with Gasteiger partial charge < -0.3 is 13.9 Å². The van der Waals surface area contributed by atoms with Crippen LogP contribution in [0.4, 0.5) is 0 Å². The van der Waals surface area contributed by atoms with Gasteiger partial charge in [-0.05, 0) is 24.6 Å². The zero-order chi connectivity index (χ0) is 12.6. The molecule has 3 nitrogen and oxygen atoms in total. The fourth-order valence-electron chi connectivity index (χ4n) is 1.96. The van der Waals surface area contributed by atoms with Crippen LogP contribution in [0.25, 0.3) is 0 Å². The van der Waals surface area contributed by atoms with E-state index in [0.717, 1.165) is 38.9 Å². The molecule has 100 valence electrons. The normalized spacial score (nSPS) is 19.7. The van der Waals surface area contributed by atoms with E-state index in [4.69, 9.17) is 13.9 Å². The predicted octanol–water partition coefficient (Wildman–Crippen LogP) is 1.46. The van der Waals surface area contributed by atoms with E-state index in [1.807, 2.05) is 0 Å². The van der Waals surface area contributed by atoms with Crippen LogP contribution in [0.5, 0.6) is 0 Å². The predicted molar refractivity (Wildman–Crippen MR) is 74.8 cm³/mol. The second-order valence-electron chi connectivity index (χ2n) is 4.53. The summed E-state index contributed by atoms with van der Waals surface area (Å²) < 4.78 is 16.6. The molecule has 0 radical (unpaired) electrons. The zero-order valence-corrected chi connectivity index (χ0v) is 12.2. The van der Waals surface area contributed by atoms with Crippen LogP contribution < -0.4 is 5.19 Å². The quantitative estimate of drug-likeness (QED) is 0.385. The second kappa shape index (κ2) is 7.69. The molecule has 1 aliphatic heterocycles. The summed E-state index contributed by atoms with van der Waals surface area (Å²) in [4.78, 5) is 0. The van der Waals surface area contributed by atoms with Gasteiger partial charge >= 0.3 is 0 Å². The molecular formula is C14H22O3Si. The molecule has 2 unspecified atom stereocenters. The van der Waals surface area contributed by atoms with E-state index in [1.54, 1.807) is 0 Å². The summed E-state index contributed by atoms with van der Waals surface area (Å²) in [6.07, 6.45) is 1.46. The molecule has 4 heteroatoms. The van der Waals surface area contributed by atoms with Crippen molar-refractivity contribution in [2.45, 2.75) is 25.5 Å². The van der Waals surface area contributed by atoms with Gasteiger partial charge in [0.1, 0.15) is 6.10 Å². The molecule has 1 aliphatic rings. The number of ether oxygens (including phenoxy) is 2. The van der Waals surface area contributed by atoms with Gasteiger partial charge in [-0.1, -0.05) is 30.3 Å². The van der Waals surface area contributed by atoms with Crippen LogP contribution in [0, 0.1) is 0 Å². The van der Waals surface area contributed by atoms with Crippen molar-refractivity contribution in [1.29, 1.82) is 0 Å². The van der Waals surface area contributed by atoms with Gasteiger partial charge in [-0.25, -0.2) is 0 Å². The Balaban J connectivity index is 1.68. The molecule has 0 aromatic heterocycles. The Kier molecular flexibility index (Phi) is 5.87. The van der Waals surface area contributed by atoms with Gasteiger partial charge in [-0.3, -0.25) is 0 Å². The van der Waals surface area contributed by atoms with Gasteiger partial charge in [0.2, 0.25) is 9.04 Å². The fraction of sp³-hybridized carbons (Fsp3) is 0.571. The van der Waals surface area contributed by atoms with Crippen molar-refractivity contribution < 1.29 is 13.9 Å². The van der Waals surface area contributed by atoms with E-state index in [-0.39, 0.29) is 0 Å². The number of hydrogen-bond donors (Lipinski definition) is 0. The van der Waals surface area contributed by atoms with Crippen molar-refractivity contribution in [2.24, 2.45) is 0 Å². The van der Waals surface area contributed by atoms with E-state index in [0.29, 0.717) is 6.10 Å². The van der Waals surface area contributed by atoms with Gasteiger partial charge in [0.05, 0.1) is 13.2 Å². The maximum absolute atomic E-state index is 5.93. The van der Waals surface area contributed by atoms with Crippen LogP contribution in [0.2, 0.25) is 6.04 Å². The maximum Gasteiger partial charge on any atom is 0.208 e. The molecule has 2 atom stereocenters. The van der Waals surface area contributed by atoms with Crippen LogP contribution in [0.1, 0.15) is 13.3 Å². The summed E-state index contributed by atoms with van der Waals surface area (Å²) in [5, 5.41) is 1.39. The lowest BCUT2D eigenvalue weighted by molar-refractivity contribution is 0.116. The monoisotopic (exact) mass is 266 g/mol. The molecule has 0 bridgehead atoms. The van der Waals surface area contributed by atoms with Crippen LogP contribution in [0.3, 0.4) is 0 Å². The summed E-state index contributed by atoms with van der Waals surface area (Å²) in [7, 11) is -1.25. The highest BCUT2D eigenvalue weighted by atomic mass is 28.3. The molecule has 0 saturated carbocycles. The average molecular weight is 266 g/mol. The summed E-state index contributed by atoms with van der Waals surface area (Å²) in [5.74, 6) is 0. The minimum Gasteiger partial charge on any atom is -0.416 e. The van der Waals surface area contributed by atoms with E-state index in [9.17, 15) is 0 Å².